The van der Waals surface area contributed by atoms with Gasteiger partial charge in [0.25, 0.3) is 0 Å². The lowest BCUT2D eigenvalue weighted by Crippen LogP contribution is -2.33. The van der Waals surface area contributed by atoms with Crippen LogP contribution in [0.3, 0.4) is 0 Å². The van der Waals surface area contributed by atoms with Gasteiger partial charge in [-0.05, 0) is 31.6 Å². The average Bonchev–Trinajstić information content (AvgIpc) is 2.37. The number of hydrogen-bond acceptors (Lipinski definition) is 4. The zero-order chi connectivity index (χ0) is 13.9. The van der Waals surface area contributed by atoms with Gasteiger partial charge in [-0.2, -0.15) is 0 Å². The highest BCUT2D eigenvalue weighted by Crippen LogP contribution is 2.28. The molecule has 2 heterocycles. The summed E-state index contributed by atoms with van der Waals surface area (Å²) in [4.78, 5) is 22.7. The first-order chi connectivity index (χ1) is 9.72. The Labute approximate surface area is 119 Å². The van der Waals surface area contributed by atoms with Crippen LogP contribution in [0, 0.1) is 11.8 Å². The molecule has 1 saturated heterocycles. The van der Waals surface area contributed by atoms with Gasteiger partial charge in [-0.15, -0.1) is 0 Å². The normalized spacial score (nSPS) is 20.6. The Morgan fingerprint density at radius 3 is 2.65 bits per heavy atom. The molecule has 1 aliphatic carbocycles. The lowest BCUT2D eigenvalue weighted by molar-refractivity contribution is -0.122. The number of carbonyl (C=O) groups excluding carboxylic acids is 1. The zero-order valence-corrected chi connectivity index (χ0v) is 12.0. The summed E-state index contributed by atoms with van der Waals surface area (Å²) in [5.74, 6) is 2.64. The van der Waals surface area contributed by atoms with E-state index >= 15 is 0 Å². The number of hydrogen-bond donors (Lipinski definition) is 1. The molecule has 1 saturated carbocycles. The number of nitrogens with zero attached hydrogens (tertiary/aromatic N) is 3. The van der Waals surface area contributed by atoms with E-state index in [4.69, 9.17) is 0 Å². The van der Waals surface area contributed by atoms with Crippen LogP contribution in [0.15, 0.2) is 12.4 Å². The van der Waals surface area contributed by atoms with Gasteiger partial charge in [0, 0.05) is 25.1 Å². The van der Waals surface area contributed by atoms with Crippen LogP contribution in [0.5, 0.6) is 0 Å². The second kappa shape index (κ2) is 5.77. The Hall–Kier alpha value is -1.65. The highest BCUT2D eigenvalue weighted by atomic mass is 16.2. The lowest BCUT2D eigenvalue weighted by Gasteiger charge is -2.31. The minimum Gasteiger partial charge on any atom is -0.356 e. The molecule has 0 atom stereocenters. The van der Waals surface area contributed by atoms with Gasteiger partial charge in [0.15, 0.2) is 0 Å². The first kappa shape index (κ1) is 13.3. The van der Waals surface area contributed by atoms with Gasteiger partial charge in [0.2, 0.25) is 5.91 Å². The third kappa shape index (κ3) is 2.92. The predicted molar refractivity (Wildman–Crippen MR) is 78.6 cm³/mol. The highest BCUT2D eigenvalue weighted by molar-refractivity contribution is 5.92. The number of anilines is 2. The van der Waals surface area contributed by atoms with Crippen LogP contribution >= 0.6 is 0 Å². The van der Waals surface area contributed by atoms with Gasteiger partial charge in [-0.25, -0.2) is 9.97 Å². The van der Waals surface area contributed by atoms with Crippen molar-refractivity contribution in [3.8, 4) is 0 Å². The summed E-state index contributed by atoms with van der Waals surface area (Å²) in [5.41, 5.74) is 0. The molecule has 3 rings (SSSR count). The summed E-state index contributed by atoms with van der Waals surface area (Å²) in [6, 6.07) is 1.90. The summed E-state index contributed by atoms with van der Waals surface area (Å²) in [6.07, 6.45) is 7.13. The van der Waals surface area contributed by atoms with Crippen LogP contribution in [0.25, 0.3) is 0 Å². The van der Waals surface area contributed by atoms with Gasteiger partial charge < -0.3 is 10.2 Å². The summed E-state index contributed by atoms with van der Waals surface area (Å²) in [7, 11) is 0. The summed E-state index contributed by atoms with van der Waals surface area (Å²) in [6.45, 7) is 4.37. The maximum atomic E-state index is 11.9. The number of nitrogens with one attached hydrogen (secondary N) is 1. The molecule has 5 heteroatoms. The maximum absolute atomic E-state index is 11.9. The van der Waals surface area contributed by atoms with Crippen LogP contribution in [-0.4, -0.2) is 29.0 Å². The van der Waals surface area contributed by atoms with Crippen LogP contribution in [0.2, 0.25) is 0 Å². The number of amides is 1. The third-order valence-electron chi connectivity index (χ3n) is 4.49. The van der Waals surface area contributed by atoms with Gasteiger partial charge in [0.05, 0.1) is 0 Å². The van der Waals surface area contributed by atoms with Crippen molar-refractivity contribution in [3.05, 3.63) is 12.4 Å². The molecule has 0 spiro atoms. The van der Waals surface area contributed by atoms with Crippen LogP contribution in [-0.2, 0) is 4.79 Å². The van der Waals surface area contributed by atoms with E-state index in [9.17, 15) is 4.79 Å². The van der Waals surface area contributed by atoms with Gasteiger partial charge in [-0.3, -0.25) is 4.79 Å². The van der Waals surface area contributed by atoms with E-state index in [1.54, 1.807) is 6.33 Å². The molecule has 20 heavy (non-hydrogen) atoms. The van der Waals surface area contributed by atoms with E-state index in [-0.39, 0.29) is 11.8 Å². The van der Waals surface area contributed by atoms with Crippen molar-refractivity contribution in [2.24, 2.45) is 11.8 Å². The molecule has 0 unspecified atom stereocenters. The topological polar surface area (TPSA) is 58.1 Å². The van der Waals surface area contributed by atoms with Crippen molar-refractivity contribution in [3.63, 3.8) is 0 Å². The molecular weight excluding hydrogens is 252 g/mol. The molecule has 2 fully saturated rings. The van der Waals surface area contributed by atoms with Gasteiger partial charge in [-0.1, -0.05) is 13.3 Å². The van der Waals surface area contributed by atoms with Crippen LogP contribution in [0.1, 0.15) is 39.0 Å². The lowest BCUT2D eigenvalue weighted by atomic mass is 9.85. The zero-order valence-electron chi connectivity index (χ0n) is 12.0. The molecule has 108 valence electrons. The molecule has 0 aromatic carbocycles. The Balaban J connectivity index is 1.64. The fraction of sp³-hybridized carbons (Fsp3) is 0.667. The monoisotopic (exact) mass is 274 g/mol. The molecule has 1 aliphatic heterocycles. The fourth-order valence-electron chi connectivity index (χ4n) is 2.72. The molecule has 1 aromatic rings. The van der Waals surface area contributed by atoms with E-state index in [0.717, 1.165) is 37.7 Å². The van der Waals surface area contributed by atoms with Crippen LogP contribution < -0.4 is 10.2 Å². The van der Waals surface area contributed by atoms with E-state index in [2.05, 4.69) is 27.1 Å². The predicted octanol–water partition coefficient (Wildman–Crippen LogP) is 2.45. The molecule has 5 nitrogen and oxygen atoms in total. The quantitative estimate of drug-likeness (QED) is 0.919. The van der Waals surface area contributed by atoms with Gasteiger partial charge in [0.1, 0.15) is 18.0 Å². The Morgan fingerprint density at radius 2 is 2.00 bits per heavy atom. The van der Waals surface area contributed by atoms with E-state index in [0.29, 0.717) is 5.82 Å². The molecule has 0 bridgehead atoms. The van der Waals surface area contributed by atoms with Crippen molar-refractivity contribution < 1.29 is 4.79 Å². The SMILES string of the molecule is CC1CCN(c2cc(NC(=O)C3CCC3)ncn2)CC1. The molecular formula is C15H22N4O. The molecule has 1 amide bonds. The van der Waals surface area contributed by atoms with E-state index in [1.807, 2.05) is 6.07 Å². The third-order valence-corrected chi connectivity index (χ3v) is 4.49. The smallest absolute Gasteiger partial charge is 0.228 e. The highest BCUT2D eigenvalue weighted by Gasteiger charge is 2.25. The summed E-state index contributed by atoms with van der Waals surface area (Å²) < 4.78 is 0. The minimum atomic E-state index is 0.105. The summed E-state index contributed by atoms with van der Waals surface area (Å²) in [5, 5.41) is 2.92. The first-order valence-electron chi connectivity index (χ1n) is 7.60. The second-order valence-electron chi connectivity index (χ2n) is 6.05. The maximum Gasteiger partial charge on any atom is 0.228 e. The number of carbonyl (C=O) groups is 1. The number of piperidine rings is 1. The fourth-order valence-corrected chi connectivity index (χ4v) is 2.72. The average molecular weight is 274 g/mol. The van der Waals surface area contributed by atoms with E-state index < -0.39 is 0 Å². The molecule has 0 radical (unpaired) electrons. The first-order valence-corrected chi connectivity index (χ1v) is 7.60. The standard InChI is InChI=1S/C15H22N4O/c1-11-5-7-19(8-6-11)14-9-13(16-10-17-14)18-15(20)12-3-2-4-12/h9-12H,2-8H2,1H3,(H,16,17,18,20). The summed E-state index contributed by atoms with van der Waals surface area (Å²) >= 11 is 0. The van der Waals surface area contributed by atoms with Gasteiger partial charge >= 0.3 is 0 Å². The van der Waals surface area contributed by atoms with Crippen molar-refractivity contribution >= 4 is 17.5 Å². The largest absolute Gasteiger partial charge is 0.356 e. The second-order valence-corrected chi connectivity index (χ2v) is 6.05. The minimum absolute atomic E-state index is 0.105. The Morgan fingerprint density at radius 1 is 1.25 bits per heavy atom. The van der Waals surface area contributed by atoms with Crippen molar-refractivity contribution in [1.29, 1.82) is 0 Å². The van der Waals surface area contributed by atoms with E-state index in [1.165, 1.54) is 19.3 Å². The molecule has 1 aromatic heterocycles. The van der Waals surface area contributed by atoms with Crippen molar-refractivity contribution in [1.82, 2.24) is 9.97 Å². The molecule has 1 N–H and O–H groups in total. The van der Waals surface area contributed by atoms with Crippen LogP contribution in [0.4, 0.5) is 11.6 Å². The number of aromatic nitrogens is 2. The Bertz CT molecular complexity index is 479. The van der Waals surface area contributed by atoms with Crippen molar-refractivity contribution in [2.75, 3.05) is 23.3 Å². The number of rotatable bonds is 3. The molecule has 2 aliphatic rings. The Kier molecular flexibility index (Phi) is 3.85. The van der Waals surface area contributed by atoms with Crippen molar-refractivity contribution in [2.45, 2.75) is 39.0 Å².